The molecule has 5 rings (SSSR count). The third-order valence-electron chi connectivity index (χ3n) is 8.90. The van der Waals surface area contributed by atoms with E-state index in [2.05, 4.69) is 30.4 Å². The van der Waals surface area contributed by atoms with Crippen molar-refractivity contribution in [3.05, 3.63) is 65.0 Å². The first kappa shape index (κ1) is 23.1. The molecule has 2 fully saturated rings. The van der Waals surface area contributed by atoms with Crippen molar-refractivity contribution in [1.82, 2.24) is 5.32 Å². The average Bonchev–Trinajstić information content (AvgIpc) is 3.10. The lowest BCUT2D eigenvalue weighted by Gasteiger charge is -2.50. The second-order valence-electron chi connectivity index (χ2n) is 10.7. The van der Waals surface area contributed by atoms with E-state index in [-0.39, 0.29) is 23.1 Å². The molecule has 3 aliphatic rings. The minimum Gasteiger partial charge on any atom is -0.497 e. The Morgan fingerprint density at radius 3 is 2.85 bits per heavy atom. The van der Waals surface area contributed by atoms with Gasteiger partial charge in [0.05, 0.1) is 7.11 Å². The van der Waals surface area contributed by atoms with Crippen molar-refractivity contribution in [2.24, 2.45) is 23.2 Å². The van der Waals surface area contributed by atoms with Crippen molar-refractivity contribution in [2.75, 3.05) is 7.11 Å². The summed E-state index contributed by atoms with van der Waals surface area (Å²) in [6.45, 7) is 2.51. The number of amides is 1. The van der Waals surface area contributed by atoms with Gasteiger partial charge in [0.15, 0.2) is 0 Å². The standard InChI is InChI=1S/C29H34FNO3/c1-29-13-12-24-23-10-8-22(34-2)15-19(23)6-9-25(24)28(29)20(16-26(29)32)7-11-27(33)31-17-18-4-3-5-21(30)14-18/h3-5,8,10,14-15,20,24-25,28H,6-7,9,11-13,16-17H2,1-2H3,(H,31,33)/t20-,24-,25-,28+,29-/m1/s1. The van der Waals surface area contributed by atoms with E-state index in [0.717, 1.165) is 43.4 Å². The summed E-state index contributed by atoms with van der Waals surface area (Å²) in [6, 6.07) is 12.8. The first-order valence-corrected chi connectivity index (χ1v) is 12.6. The molecule has 0 bridgehead atoms. The number of ether oxygens (including phenoxy) is 1. The Hall–Kier alpha value is -2.69. The van der Waals surface area contributed by atoms with Crippen LogP contribution in [0.15, 0.2) is 42.5 Å². The van der Waals surface area contributed by atoms with Crippen molar-refractivity contribution in [2.45, 2.75) is 64.3 Å². The fourth-order valence-corrected chi connectivity index (χ4v) is 7.26. The van der Waals surface area contributed by atoms with E-state index in [1.54, 1.807) is 13.2 Å². The summed E-state index contributed by atoms with van der Waals surface area (Å²) < 4.78 is 18.8. The number of carbonyl (C=O) groups excluding carboxylic acids is 2. The van der Waals surface area contributed by atoms with Crippen LogP contribution in [0.1, 0.15) is 68.1 Å². The van der Waals surface area contributed by atoms with E-state index in [9.17, 15) is 14.0 Å². The molecule has 1 N–H and O–H groups in total. The minimum absolute atomic E-state index is 0.0289. The number of halogens is 1. The molecule has 0 spiro atoms. The molecule has 2 saturated carbocycles. The minimum atomic E-state index is -0.296. The first-order valence-electron chi connectivity index (χ1n) is 12.6. The molecule has 1 amide bonds. The van der Waals surface area contributed by atoms with Crippen LogP contribution in [-0.4, -0.2) is 18.8 Å². The van der Waals surface area contributed by atoms with Gasteiger partial charge in [-0.3, -0.25) is 9.59 Å². The molecule has 3 aliphatic carbocycles. The lowest BCUT2D eigenvalue weighted by molar-refractivity contribution is -0.129. The lowest BCUT2D eigenvalue weighted by Crippen LogP contribution is -2.44. The molecule has 5 heteroatoms. The van der Waals surface area contributed by atoms with E-state index < -0.39 is 0 Å². The number of Topliss-reactive ketones (excluding diaryl/α,β-unsaturated/α-hetero) is 1. The largest absolute Gasteiger partial charge is 0.497 e. The molecule has 2 aromatic carbocycles. The van der Waals surface area contributed by atoms with E-state index in [1.165, 1.54) is 23.3 Å². The Morgan fingerprint density at radius 1 is 1.21 bits per heavy atom. The highest BCUT2D eigenvalue weighted by molar-refractivity contribution is 5.88. The van der Waals surface area contributed by atoms with Crippen molar-refractivity contribution in [3.8, 4) is 5.75 Å². The zero-order chi connectivity index (χ0) is 23.9. The maximum Gasteiger partial charge on any atom is 0.220 e. The van der Waals surface area contributed by atoms with Gasteiger partial charge in [-0.1, -0.05) is 25.1 Å². The Labute approximate surface area is 201 Å². The van der Waals surface area contributed by atoms with Gasteiger partial charge in [0.1, 0.15) is 17.3 Å². The topological polar surface area (TPSA) is 55.4 Å². The van der Waals surface area contributed by atoms with E-state index >= 15 is 0 Å². The molecule has 34 heavy (non-hydrogen) atoms. The fourth-order valence-electron chi connectivity index (χ4n) is 7.26. The van der Waals surface area contributed by atoms with Gasteiger partial charge in [-0.15, -0.1) is 0 Å². The number of benzene rings is 2. The number of ketones is 1. The quantitative estimate of drug-likeness (QED) is 0.608. The summed E-state index contributed by atoms with van der Waals surface area (Å²) in [7, 11) is 1.71. The third-order valence-corrected chi connectivity index (χ3v) is 8.90. The second kappa shape index (κ2) is 9.16. The van der Waals surface area contributed by atoms with Gasteiger partial charge in [0.2, 0.25) is 5.91 Å². The number of methoxy groups -OCH3 is 1. The van der Waals surface area contributed by atoms with Crippen molar-refractivity contribution in [3.63, 3.8) is 0 Å². The predicted octanol–water partition coefficient (Wildman–Crippen LogP) is 5.58. The highest BCUT2D eigenvalue weighted by atomic mass is 19.1. The summed E-state index contributed by atoms with van der Waals surface area (Å²) in [4.78, 5) is 25.8. The smallest absolute Gasteiger partial charge is 0.220 e. The zero-order valence-electron chi connectivity index (χ0n) is 20.1. The van der Waals surface area contributed by atoms with Crippen molar-refractivity contribution < 1.29 is 18.7 Å². The van der Waals surface area contributed by atoms with Gasteiger partial charge < -0.3 is 10.1 Å². The monoisotopic (exact) mass is 463 g/mol. The third kappa shape index (κ3) is 4.14. The highest BCUT2D eigenvalue weighted by Gasteiger charge is 2.58. The Morgan fingerprint density at radius 2 is 2.06 bits per heavy atom. The Kier molecular flexibility index (Phi) is 6.22. The Balaban J connectivity index is 1.27. The summed E-state index contributed by atoms with van der Waals surface area (Å²) >= 11 is 0. The van der Waals surface area contributed by atoms with Crippen LogP contribution in [0.2, 0.25) is 0 Å². The summed E-state index contributed by atoms with van der Waals surface area (Å²) in [6.07, 6.45) is 5.85. The van der Waals surface area contributed by atoms with Crippen LogP contribution in [0.3, 0.4) is 0 Å². The van der Waals surface area contributed by atoms with Crippen LogP contribution in [-0.2, 0) is 22.6 Å². The van der Waals surface area contributed by atoms with Crippen LogP contribution in [0.5, 0.6) is 5.75 Å². The second-order valence-corrected chi connectivity index (χ2v) is 10.7. The van der Waals surface area contributed by atoms with E-state index in [1.807, 2.05) is 6.07 Å². The molecule has 180 valence electrons. The number of fused-ring (bicyclic) bond motifs is 5. The van der Waals surface area contributed by atoms with Crippen molar-refractivity contribution >= 4 is 11.7 Å². The van der Waals surface area contributed by atoms with Gasteiger partial charge in [0.25, 0.3) is 0 Å². The summed E-state index contributed by atoms with van der Waals surface area (Å²) in [5, 5.41) is 2.92. The molecule has 2 aromatic rings. The SMILES string of the molecule is COc1ccc2c(c1)CC[C@H]1[C@@H]3[C@H](CCC(=O)NCc4cccc(F)c4)CC(=O)[C@@]3(C)CC[C@H]21. The molecular formula is C29H34FNO3. The summed E-state index contributed by atoms with van der Waals surface area (Å²) in [5.74, 6) is 2.55. The van der Waals surface area contributed by atoms with Crippen LogP contribution in [0, 0.1) is 29.0 Å². The molecule has 0 unspecified atom stereocenters. The maximum absolute atomic E-state index is 13.4. The molecule has 4 nitrogen and oxygen atoms in total. The van der Waals surface area contributed by atoms with E-state index in [4.69, 9.17) is 4.74 Å². The Bertz CT molecular complexity index is 1100. The molecular weight excluding hydrogens is 429 g/mol. The number of hydrogen-bond acceptors (Lipinski definition) is 3. The van der Waals surface area contributed by atoms with Crippen LogP contribution >= 0.6 is 0 Å². The van der Waals surface area contributed by atoms with Gasteiger partial charge in [-0.2, -0.15) is 0 Å². The van der Waals surface area contributed by atoms with Crippen molar-refractivity contribution in [1.29, 1.82) is 0 Å². The number of rotatable bonds is 6. The van der Waals surface area contributed by atoms with Crippen LogP contribution in [0.4, 0.5) is 4.39 Å². The van der Waals surface area contributed by atoms with E-state index in [0.29, 0.717) is 42.9 Å². The highest BCUT2D eigenvalue weighted by Crippen LogP contribution is 2.62. The number of aryl methyl sites for hydroxylation is 1. The van der Waals surface area contributed by atoms with Gasteiger partial charge >= 0.3 is 0 Å². The molecule has 0 radical (unpaired) electrons. The molecule has 0 heterocycles. The average molecular weight is 464 g/mol. The van der Waals surface area contributed by atoms with Crippen LogP contribution in [0.25, 0.3) is 0 Å². The van der Waals surface area contributed by atoms with Crippen LogP contribution < -0.4 is 10.1 Å². The number of nitrogens with one attached hydrogen (secondary N) is 1. The number of carbonyl (C=O) groups is 2. The predicted molar refractivity (Wildman–Crippen MR) is 129 cm³/mol. The molecule has 5 atom stereocenters. The van der Waals surface area contributed by atoms with Gasteiger partial charge in [-0.25, -0.2) is 4.39 Å². The molecule has 0 aromatic heterocycles. The first-order chi connectivity index (χ1) is 16.4. The molecule has 0 aliphatic heterocycles. The van der Waals surface area contributed by atoms with Gasteiger partial charge in [0, 0.05) is 24.8 Å². The molecule has 0 saturated heterocycles. The summed E-state index contributed by atoms with van der Waals surface area (Å²) in [5.41, 5.74) is 3.32. The number of hydrogen-bond donors (Lipinski definition) is 1. The maximum atomic E-state index is 13.4. The van der Waals surface area contributed by atoms with Gasteiger partial charge in [-0.05, 0) is 96.7 Å². The lowest BCUT2D eigenvalue weighted by atomic mass is 9.54. The zero-order valence-corrected chi connectivity index (χ0v) is 20.1. The normalized spacial score (nSPS) is 29.7. The fraction of sp³-hybridized carbons (Fsp3) is 0.517.